The molecule has 5 N–H and O–H groups in total. The van der Waals surface area contributed by atoms with E-state index in [0.29, 0.717) is 41.3 Å². The first-order valence-corrected chi connectivity index (χ1v) is 12.3. The van der Waals surface area contributed by atoms with Gasteiger partial charge in [0, 0.05) is 23.5 Å². The van der Waals surface area contributed by atoms with Crippen LogP contribution in [-0.2, 0) is 11.0 Å². The lowest BCUT2D eigenvalue weighted by molar-refractivity contribution is -0.137. The number of imidazole rings is 1. The first kappa shape index (κ1) is 27.8. The average molecular weight is 561 g/mol. The van der Waals surface area contributed by atoms with Gasteiger partial charge in [0.05, 0.1) is 10.6 Å². The fraction of sp³-hybridized carbons (Fsp3) is 0.240. The number of hydrogen-bond acceptors (Lipinski definition) is 6. The monoisotopic (exact) mass is 560 g/mol. The molecule has 4 aromatic rings. The quantitative estimate of drug-likeness (QED) is 0.197. The van der Waals surface area contributed by atoms with Crippen LogP contribution in [0.1, 0.15) is 31.2 Å². The third-order valence-corrected chi connectivity index (χ3v) is 5.96. The molecule has 0 fully saturated rings. The number of alkyl halides is 3. The van der Waals surface area contributed by atoms with Gasteiger partial charge in [0.25, 0.3) is 0 Å². The van der Waals surface area contributed by atoms with Gasteiger partial charge in [-0.15, -0.1) is 0 Å². The Hall–Kier alpha value is -4.23. The molecule has 0 atom stereocenters. The summed E-state index contributed by atoms with van der Waals surface area (Å²) < 4.78 is 40.9. The number of amides is 3. The minimum Gasteiger partial charge on any atom is -0.330 e. The Morgan fingerprint density at radius 3 is 2.36 bits per heavy atom. The molecular weight excluding hydrogens is 537 g/mol. The van der Waals surface area contributed by atoms with Crippen LogP contribution in [0.25, 0.3) is 16.9 Å². The molecule has 39 heavy (non-hydrogen) atoms. The SMILES string of the molecule is NCCCCCC(=O)Nc1ncnc2c1ncn2-c1ccc(NC(=O)Nc2ccc(Cl)c(C(F)(F)F)c2)cc1. The van der Waals surface area contributed by atoms with Crippen LogP contribution in [0, 0.1) is 0 Å². The van der Waals surface area contributed by atoms with E-state index in [1.807, 2.05) is 0 Å². The number of carbonyl (C=O) groups excluding carboxylic acids is 2. The van der Waals surface area contributed by atoms with Crippen molar-refractivity contribution in [1.29, 1.82) is 0 Å². The number of urea groups is 1. The van der Waals surface area contributed by atoms with Crippen LogP contribution in [0.2, 0.25) is 5.02 Å². The Bertz CT molecular complexity index is 1470. The molecule has 14 heteroatoms. The van der Waals surface area contributed by atoms with E-state index in [4.69, 9.17) is 17.3 Å². The number of halogens is 4. The highest BCUT2D eigenvalue weighted by Crippen LogP contribution is 2.36. The van der Waals surface area contributed by atoms with E-state index < -0.39 is 22.8 Å². The number of hydrogen-bond donors (Lipinski definition) is 4. The lowest BCUT2D eigenvalue weighted by Crippen LogP contribution is -2.20. The standard InChI is InChI=1S/C25H24ClF3N8O2/c26-19-10-7-16(12-18(19)25(27,28)29)35-24(39)34-15-5-8-17(9-6-15)37-14-33-21-22(31-13-32-23(21)37)36-20(38)4-2-1-3-11-30/h5-10,12-14H,1-4,11,30H2,(H2,34,35,39)(H,31,32,36,38). The predicted molar refractivity (Wildman–Crippen MR) is 142 cm³/mol. The molecule has 0 spiro atoms. The number of anilines is 3. The second kappa shape index (κ2) is 12.1. The van der Waals surface area contributed by atoms with Crippen molar-refractivity contribution >= 4 is 51.9 Å². The van der Waals surface area contributed by atoms with Crippen molar-refractivity contribution in [3.8, 4) is 5.69 Å². The minimum absolute atomic E-state index is 0.0659. The van der Waals surface area contributed by atoms with Crippen molar-refractivity contribution in [3.63, 3.8) is 0 Å². The molecule has 0 bridgehead atoms. The molecule has 0 saturated heterocycles. The number of nitrogens with one attached hydrogen (secondary N) is 3. The molecular formula is C25H24ClF3N8O2. The van der Waals surface area contributed by atoms with E-state index >= 15 is 0 Å². The number of nitrogens with two attached hydrogens (primary N) is 1. The molecule has 2 heterocycles. The van der Waals surface area contributed by atoms with Gasteiger partial charge in [-0.1, -0.05) is 18.0 Å². The average Bonchev–Trinajstić information content (AvgIpc) is 3.33. The highest BCUT2D eigenvalue weighted by atomic mass is 35.5. The molecule has 2 aromatic heterocycles. The fourth-order valence-corrected chi connectivity index (χ4v) is 3.96. The summed E-state index contributed by atoms with van der Waals surface area (Å²) >= 11 is 5.61. The van der Waals surface area contributed by atoms with Crippen LogP contribution in [0.3, 0.4) is 0 Å². The second-order valence-electron chi connectivity index (χ2n) is 8.47. The molecule has 4 rings (SSSR count). The number of nitrogens with zero attached hydrogens (tertiary/aromatic N) is 4. The van der Waals surface area contributed by atoms with Gasteiger partial charge in [0.2, 0.25) is 5.91 Å². The van der Waals surface area contributed by atoms with Gasteiger partial charge in [-0.05, 0) is 61.9 Å². The van der Waals surface area contributed by atoms with Gasteiger partial charge >= 0.3 is 12.2 Å². The Kier molecular flexibility index (Phi) is 8.62. The molecule has 204 valence electrons. The van der Waals surface area contributed by atoms with Gasteiger partial charge in [-0.2, -0.15) is 13.2 Å². The summed E-state index contributed by atoms with van der Waals surface area (Å²) in [4.78, 5) is 37.4. The summed E-state index contributed by atoms with van der Waals surface area (Å²) in [5.41, 5.74) is 6.29. The van der Waals surface area contributed by atoms with Gasteiger partial charge in [0.1, 0.15) is 12.7 Å². The Balaban J connectivity index is 1.42. The van der Waals surface area contributed by atoms with Crippen LogP contribution in [0.15, 0.2) is 55.1 Å². The summed E-state index contributed by atoms with van der Waals surface area (Å²) in [6, 6.07) is 8.96. The molecule has 0 saturated carbocycles. The van der Waals surface area contributed by atoms with Crippen molar-refractivity contribution in [2.45, 2.75) is 31.9 Å². The van der Waals surface area contributed by atoms with Gasteiger partial charge in [0.15, 0.2) is 17.0 Å². The Morgan fingerprint density at radius 1 is 0.923 bits per heavy atom. The number of carbonyl (C=O) groups is 2. The predicted octanol–water partition coefficient (Wildman–Crippen LogP) is 5.59. The normalized spacial score (nSPS) is 11.4. The Morgan fingerprint density at radius 2 is 1.64 bits per heavy atom. The van der Waals surface area contributed by atoms with Crippen LogP contribution in [0.4, 0.5) is 35.2 Å². The van der Waals surface area contributed by atoms with E-state index in [2.05, 4.69) is 30.9 Å². The molecule has 0 aliphatic heterocycles. The first-order chi connectivity index (χ1) is 18.7. The number of benzene rings is 2. The van der Waals surface area contributed by atoms with Crippen molar-refractivity contribution in [2.24, 2.45) is 5.73 Å². The Labute approximate surface area is 225 Å². The molecule has 0 radical (unpaired) electrons. The highest BCUT2D eigenvalue weighted by molar-refractivity contribution is 6.31. The van der Waals surface area contributed by atoms with Crippen molar-refractivity contribution in [3.05, 3.63) is 65.7 Å². The molecule has 3 amide bonds. The van der Waals surface area contributed by atoms with Crippen LogP contribution >= 0.6 is 11.6 Å². The number of fused-ring (bicyclic) bond motifs is 1. The molecule has 0 aliphatic rings. The van der Waals surface area contributed by atoms with Crippen LogP contribution in [0.5, 0.6) is 0 Å². The number of rotatable bonds is 9. The van der Waals surface area contributed by atoms with Gasteiger partial charge < -0.3 is 21.7 Å². The second-order valence-corrected chi connectivity index (χ2v) is 8.88. The van der Waals surface area contributed by atoms with Crippen molar-refractivity contribution in [1.82, 2.24) is 19.5 Å². The molecule has 10 nitrogen and oxygen atoms in total. The maximum absolute atomic E-state index is 13.1. The van der Waals surface area contributed by atoms with E-state index in [0.717, 1.165) is 31.4 Å². The zero-order valence-corrected chi connectivity index (χ0v) is 21.2. The topological polar surface area (TPSA) is 140 Å². The maximum atomic E-state index is 13.1. The third-order valence-electron chi connectivity index (χ3n) is 5.63. The van der Waals surface area contributed by atoms with Crippen LogP contribution in [-0.4, -0.2) is 38.0 Å². The minimum atomic E-state index is -4.65. The molecule has 2 aromatic carbocycles. The summed E-state index contributed by atoms with van der Waals surface area (Å²) in [5.74, 6) is 0.122. The van der Waals surface area contributed by atoms with Crippen molar-refractivity contribution < 1.29 is 22.8 Å². The van der Waals surface area contributed by atoms with Gasteiger partial charge in [-0.25, -0.2) is 19.7 Å². The zero-order valence-electron chi connectivity index (χ0n) is 20.4. The first-order valence-electron chi connectivity index (χ1n) is 11.9. The molecule has 0 aliphatic carbocycles. The van der Waals surface area contributed by atoms with E-state index in [1.54, 1.807) is 28.8 Å². The largest absolute Gasteiger partial charge is 0.417 e. The lowest BCUT2D eigenvalue weighted by Gasteiger charge is -2.12. The summed E-state index contributed by atoms with van der Waals surface area (Å²) in [7, 11) is 0. The number of aromatic nitrogens is 4. The van der Waals surface area contributed by atoms with Crippen LogP contribution < -0.4 is 21.7 Å². The highest BCUT2D eigenvalue weighted by Gasteiger charge is 2.33. The summed E-state index contributed by atoms with van der Waals surface area (Å²) in [6.07, 6.45) is 0.994. The summed E-state index contributed by atoms with van der Waals surface area (Å²) in [6.45, 7) is 0.589. The van der Waals surface area contributed by atoms with E-state index in [-0.39, 0.29) is 11.6 Å². The van der Waals surface area contributed by atoms with E-state index in [1.165, 1.54) is 18.7 Å². The van der Waals surface area contributed by atoms with E-state index in [9.17, 15) is 22.8 Å². The third kappa shape index (κ3) is 7.00. The van der Waals surface area contributed by atoms with Gasteiger partial charge in [-0.3, -0.25) is 9.36 Å². The zero-order chi connectivity index (χ0) is 28.0. The smallest absolute Gasteiger partial charge is 0.330 e. The maximum Gasteiger partial charge on any atom is 0.417 e. The van der Waals surface area contributed by atoms with Crippen molar-refractivity contribution in [2.75, 3.05) is 22.5 Å². The lowest BCUT2D eigenvalue weighted by atomic mass is 10.2. The summed E-state index contributed by atoms with van der Waals surface area (Å²) in [5, 5.41) is 7.22. The fourth-order valence-electron chi connectivity index (χ4n) is 3.74. The number of unbranched alkanes of at least 4 members (excludes halogenated alkanes) is 2. The molecule has 0 unspecified atom stereocenters.